The molecule has 82 valence electrons. The van der Waals surface area contributed by atoms with Crippen LogP contribution in [-0.2, 0) is 0 Å². The Morgan fingerprint density at radius 2 is 2.25 bits per heavy atom. The van der Waals surface area contributed by atoms with Crippen molar-refractivity contribution in [2.45, 2.75) is 24.8 Å². The lowest BCUT2D eigenvalue weighted by atomic mass is 10.2. The Morgan fingerprint density at radius 1 is 1.38 bits per heavy atom. The van der Waals surface area contributed by atoms with E-state index in [1.807, 2.05) is 18.2 Å². The molecule has 0 aliphatic heterocycles. The van der Waals surface area contributed by atoms with Gasteiger partial charge in [-0.25, -0.2) is 0 Å². The molecule has 1 aliphatic rings. The Hall–Kier alpha value is -1.75. The van der Waals surface area contributed by atoms with Crippen LogP contribution in [0.3, 0.4) is 0 Å². The van der Waals surface area contributed by atoms with Crippen LogP contribution >= 0.6 is 0 Å². The second-order valence-corrected chi connectivity index (χ2v) is 4.00. The summed E-state index contributed by atoms with van der Waals surface area (Å²) in [5.41, 5.74) is 6.76. The standard InChI is InChI=1S/C11H12N4O/c12-9(8-3-1-2-6-13-8)10-14-11(16-15-10)7-4-5-7/h1-3,6-7,9H,4-5,12H2/t9-/m0/s1. The van der Waals surface area contributed by atoms with Crippen molar-refractivity contribution >= 4 is 0 Å². The van der Waals surface area contributed by atoms with Crippen molar-refractivity contribution in [3.8, 4) is 0 Å². The molecule has 2 heterocycles. The van der Waals surface area contributed by atoms with Crippen molar-refractivity contribution in [1.82, 2.24) is 15.1 Å². The summed E-state index contributed by atoms with van der Waals surface area (Å²) in [5, 5.41) is 3.90. The number of nitrogens with zero attached hydrogens (tertiary/aromatic N) is 3. The molecule has 16 heavy (non-hydrogen) atoms. The molecule has 2 aromatic rings. The van der Waals surface area contributed by atoms with Gasteiger partial charge < -0.3 is 10.3 Å². The summed E-state index contributed by atoms with van der Waals surface area (Å²) in [6.07, 6.45) is 3.98. The SMILES string of the molecule is N[C@@H](c1ccccn1)c1noc(C2CC2)n1. The predicted molar refractivity (Wildman–Crippen MR) is 56.5 cm³/mol. The largest absolute Gasteiger partial charge is 0.339 e. The topological polar surface area (TPSA) is 77.8 Å². The fraction of sp³-hybridized carbons (Fsp3) is 0.364. The molecule has 1 fully saturated rings. The third-order valence-corrected chi connectivity index (χ3v) is 2.67. The van der Waals surface area contributed by atoms with Gasteiger partial charge >= 0.3 is 0 Å². The number of rotatable bonds is 3. The molecule has 0 aromatic carbocycles. The highest BCUT2D eigenvalue weighted by atomic mass is 16.5. The molecule has 2 N–H and O–H groups in total. The average molecular weight is 216 g/mol. The first-order valence-electron chi connectivity index (χ1n) is 5.34. The summed E-state index contributed by atoms with van der Waals surface area (Å²) in [5.74, 6) is 1.68. The Kier molecular flexibility index (Phi) is 2.18. The molecule has 1 atom stereocenters. The van der Waals surface area contributed by atoms with Gasteiger partial charge in [-0.15, -0.1) is 0 Å². The molecular formula is C11H12N4O. The number of nitrogens with two attached hydrogens (primary N) is 1. The molecule has 1 saturated carbocycles. The van der Waals surface area contributed by atoms with Crippen LogP contribution < -0.4 is 5.73 Å². The normalized spacial score (nSPS) is 17.3. The molecule has 0 saturated heterocycles. The summed E-state index contributed by atoms with van der Waals surface area (Å²) in [6, 6.07) is 5.20. The zero-order chi connectivity index (χ0) is 11.0. The Balaban J connectivity index is 1.85. The van der Waals surface area contributed by atoms with E-state index in [1.165, 1.54) is 0 Å². The van der Waals surface area contributed by atoms with Crippen molar-refractivity contribution < 1.29 is 4.52 Å². The van der Waals surface area contributed by atoms with E-state index in [0.29, 0.717) is 17.6 Å². The van der Waals surface area contributed by atoms with Crippen molar-refractivity contribution in [2.24, 2.45) is 5.73 Å². The van der Waals surface area contributed by atoms with Crippen molar-refractivity contribution in [3.05, 3.63) is 41.8 Å². The van der Waals surface area contributed by atoms with Gasteiger partial charge in [0.05, 0.1) is 5.69 Å². The first kappa shape index (κ1) is 9.47. The fourth-order valence-electron chi connectivity index (χ4n) is 1.56. The van der Waals surface area contributed by atoms with Crippen molar-refractivity contribution in [1.29, 1.82) is 0 Å². The van der Waals surface area contributed by atoms with Gasteiger partial charge in [0.2, 0.25) is 5.89 Å². The van der Waals surface area contributed by atoms with E-state index in [0.717, 1.165) is 18.5 Å². The smallest absolute Gasteiger partial charge is 0.229 e. The maximum absolute atomic E-state index is 6.00. The molecular weight excluding hydrogens is 204 g/mol. The van der Waals surface area contributed by atoms with Crippen LogP contribution in [0.5, 0.6) is 0 Å². The lowest BCUT2D eigenvalue weighted by Crippen LogP contribution is -2.14. The molecule has 0 spiro atoms. The minimum Gasteiger partial charge on any atom is -0.339 e. The van der Waals surface area contributed by atoms with Crippen molar-refractivity contribution in [2.75, 3.05) is 0 Å². The summed E-state index contributed by atoms with van der Waals surface area (Å²) < 4.78 is 5.16. The molecule has 0 bridgehead atoms. The van der Waals surface area contributed by atoms with Crippen LogP contribution in [0.25, 0.3) is 0 Å². The summed E-state index contributed by atoms with van der Waals surface area (Å²) in [4.78, 5) is 8.48. The lowest BCUT2D eigenvalue weighted by Gasteiger charge is -2.04. The minimum atomic E-state index is -0.405. The zero-order valence-electron chi connectivity index (χ0n) is 8.71. The second-order valence-electron chi connectivity index (χ2n) is 4.00. The van der Waals surface area contributed by atoms with Gasteiger partial charge in [-0.1, -0.05) is 11.2 Å². The molecule has 5 nitrogen and oxygen atoms in total. The van der Waals surface area contributed by atoms with Crippen LogP contribution in [0.4, 0.5) is 0 Å². The summed E-state index contributed by atoms with van der Waals surface area (Å²) in [7, 11) is 0. The van der Waals surface area contributed by atoms with Crippen LogP contribution in [0.1, 0.15) is 42.2 Å². The molecule has 0 amide bonds. The second kappa shape index (κ2) is 3.68. The van der Waals surface area contributed by atoms with E-state index in [1.54, 1.807) is 6.20 Å². The van der Waals surface area contributed by atoms with E-state index in [2.05, 4.69) is 15.1 Å². The highest BCUT2D eigenvalue weighted by molar-refractivity contribution is 5.16. The number of pyridine rings is 1. The summed E-state index contributed by atoms with van der Waals surface area (Å²) >= 11 is 0. The first-order valence-corrected chi connectivity index (χ1v) is 5.34. The van der Waals surface area contributed by atoms with Gasteiger partial charge in [-0.05, 0) is 25.0 Å². The highest BCUT2D eigenvalue weighted by Crippen LogP contribution is 2.39. The van der Waals surface area contributed by atoms with Gasteiger partial charge in [0.15, 0.2) is 5.82 Å². The van der Waals surface area contributed by atoms with Crippen LogP contribution in [0, 0.1) is 0 Å². The number of aromatic nitrogens is 3. The van der Waals surface area contributed by atoms with Gasteiger partial charge in [0.25, 0.3) is 0 Å². The molecule has 0 unspecified atom stereocenters. The van der Waals surface area contributed by atoms with Crippen LogP contribution in [0.15, 0.2) is 28.9 Å². The maximum Gasteiger partial charge on any atom is 0.229 e. The van der Waals surface area contributed by atoms with E-state index in [-0.39, 0.29) is 0 Å². The molecule has 1 aliphatic carbocycles. The van der Waals surface area contributed by atoms with Gasteiger partial charge in [0.1, 0.15) is 6.04 Å². The Labute approximate surface area is 92.7 Å². The van der Waals surface area contributed by atoms with Crippen molar-refractivity contribution in [3.63, 3.8) is 0 Å². The quantitative estimate of drug-likeness (QED) is 0.838. The van der Waals surface area contributed by atoms with Gasteiger partial charge in [0, 0.05) is 12.1 Å². The number of hydrogen-bond acceptors (Lipinski definition) is 5. The lowest BCUT2D eigenvalue weighted by molar-refractivity contribution is 0.372. The van der Waals surface area contributed by atoms with Gasteiger partial charge in [-0.3, -0.25) is 4.98 Å². The van der Waals surface area contributed by atoms with Gasteiger partial charge in [-0.2, -0.15) is 4.98 Å². The van der Waals surface area contributed by atoms with E-state index >= 15 is 0 Å². The van der Waals surface area contributed by atoms with Crippen LogP contribution in [0.2, 0.25) is 0 Å². The molecule has 0 radical (unpaired) electrons. The molecule has 2 aromatic heterocycles. The monoisotopic (exact) mass is 216 g/mol. The van der Waals surface area contributed by atoms with E-state index in [4.69, 9.17) is 10.3 Å². The fourth-order valence-corrected chi connectivity index (χ4v) is 1.56. The third-order valence-electron chi connectivity index (χ3n) is 2.67. The highest BCUT2D eigenvalue weighted by Gasteiger charge is 2.30. The third kappa shape index (κ3) is 1.69. The first-order chi connectivity index (χ1) is 7.84. The predicted octanol–water partition coefficient (Wildman–Crippen LogP) is 1.39. The maximum atomic E-state index is 6.00. The Morgan fingerprint density at radius 3 is 2.94 bits per heavy atom. The average Bonchev–Trinajstić information content (AvgIpc) is 3.08. The van der Waals surface area contributed by atoms with E-state index < -0.39 is 6.04 Å². The Bertz CT molecular complexity index is 478. The minimum absolute atomic E-state index is 0.405. The van der Waals surface area contributed by atoms with Crippen LogP contribution in [-0.4, -0.2) is 15.1 Å². The molecule has 5 heteroatoms. The number of hydrogen-bond donors (Lipinski definition) is 1. The molecule has 3 rings (SSSR count). The van der Waals surface area contributed by atoms with E-state index in [9.17, 15) is 0 Å². The summed E-state index contributed by atoms with van der Waals surface area (Å²) in [6.45, 7) is 0. The zero-order valence-corrected chi connectivity index (χ0v) is 8.71.